The number of hydrogen-bond acceptors (Lipinski definition) is 5. The number of nitrogens with two attached hydrogens (primary N) is 1. The second-order valence-electron chi connectivity index (χ2n) is 5.14. The highest BCUT2D eigenvalue weighted by Gasteiger charge is 2.16. The third kappa shape index (κ3) is 4.08. The van der Waals surface area contributed by atoms with Gasteiger partial charge in [-0.3, -0.25) is 0 Å². The topological polar surface area (TPSA) is 87.6 Å². The second-order valence-corrected chi connectivity index (χ2v) is 5.14. The zero-order valence-electron chi connectivity index (χ0n) is 12.3. The molecule has 0 aliphatic heterocycles. The fraction of sp³-hybridized carbons (Fsp3) is 0.615. The van der Waals surface area contributed by atoms with Gasteiger partial charge in [0.25, 0.3) is 0 Å². The number of aromatic nitrogens is 2. The fourth-order valence-electron chi connectivity index (χ4n) is 1.71. The number of hydrogen-bond donors (Lipinski definition) is 2. The van der Waals surface area contributed by atoms with Crippen molar-refractivity contribution in [3.05, 3.63) is 17.5 Å². The van der Waals surface area contributed by atoms with Crippen LogP contribution in [0.2, 0.25) is 0 Å². The quantitative estimate of drug-likeness (QED) is 0.367. The molecule has 0 spiro atoms. The summed E-state index contributed by atoms with van der Waals surface area (Å²) in [6.45, 7) is 8.15. The van der Waals surface area contributed by atoms with E-state index in [1.165, 1.54) is 0 Å². The summed E-state index contributed by atoms with van der Waals surface area (Å²) in [7, 11) is 1.91. The van der Waals surface area contributed by atoms with E-state index in [-0.39, 0.29) is 11.9 Å². The molecule has 1 heterocycles. The van der Waals surface area contributed by atoms with Gasteiger partial charge in [-0.05, 0) is 25.8 Å². The zero-order chi connectivity index (χ0) is 14.6. The molecule has 3 N–H and O–H groups in total. The number of anilines is 1. The van der Waals surface area contributed by atoms with Crippen LogP contribution < -0.4 is 10.6 Å². The summed E-state index contributed by atoms with van der Waals surface area (Å²) in [5.41, 5.74) is 7.49. The van der Waals surface area contributed by atoms with E-state index in [1.54, 1.807) is 0 Å². The largest absolute Gasteiger partial charge is 0.409 e. The van der Waals surface area contributed by atoms with Crippen LogP contribution in [0.1, 0.15) is 44.5 Å². The highest BCUT2D eigenvalue weighted by Crippen LogP contribution is 2.18. The molecule has 0 aliphatic carbocycles. The highest BCUT2D eigenvalue weighted by molar-refractivity contribution is 5.80. The lowest BCUT2D eigenvalue weighted by molar-refractivity contribution is 0.316. The molecular weight excluding hydrogens is 242 g/mol. The number of amidine groups is 1. The fourth-order valence-corrected chi connectivity index (χ4v) is 1.71. The van der Waals surface area contributed by atoms with E-state index in [2.05, 4.69) is 29.0 Å². The van der Waals surface area contributed by atoms with Crippen LogP contribution in [0.4, 0.5) is 5.95 Å². The summed E-state index contributed by atoms with van der Waals surface area (Å²) in [4.78, 5) is 10.9. The van der Waals surface area contributed by atoms with Gasteiger partial charge in [0.15, 0.2) is 0 Å². The predicted molar refractivity (Wildman–Crippen MR) is 76.7 cm³/mol. The van der Waals surface area contributed by atoms with Crippen molar-refractivity contribution in [2.24, 2.45) is 10.9 Å². The van der Waals surface area contributed by atoms with Gasteiger partial charge in [-0.15, -0.1) is 0 Å². The molecular formula is C13H23N5O. The van der Waals surface area contributed by atoms with Gasteiger partial charge < -0.3 is 15.8 Å². The Morgan fingerprint density at radius 2 is 2.05 bits per heavy atom. The van der Waals surface area contributed by atoms with Crippen LogP contribution in [-0.2, 0) is 0 Å². The highest BCUT2D eigenvalue weighted by atomic mass is 16.4. The van der Waals surface area contributed by atoms with Crippen molar-refractivity contribution in [1.29, 1.82) is 0 Å². The molecule has 1 rings (SSSR count). The van der Waals surface area contributed by atoms with E-state index in [9.17, 15) is 0 Å². The van der Waals surface area contributed by atoms with E-state index < -0.39 is 0 Å². The monoisotopic (exact) mass is 265 g/mol. The second kappa shape index (κ2) is 6.36. The maximum absolute atomic E-state index is 8.61. The van der Waals surface area contributed by atoms with Gasteiger partial charge in [0, 0.05) is 30.9 Å². The van der Waals surface area contributed by atoms with Crippen molar-refractivity contribution in [2.45, 2.75) is 46.1 Å². The summed E-state index contributed by atoms with van der Waals surface area (Å²) in [6.07, 6.45) is 0.460. The molecule has 0 fully saturated rings. The van der Waals surface area contributed by atoms with Gasteiger partial charge in [-0.25, -0.2) is 9.97 Å². The number of oxime groups is 1. The molecule has 0 saturated carbocycles. The Kier molecular flexibility index (Phi) is 5.09. The van der Waals surface area contributed by atoms with E-state index in [0.29, 0.717) is 18.3 Å². The predicted octanol–water partition coefficient (Wildman–Crippen LogP) is 1.87. The minimum atomic E-state index is 0.0534. The first kappa shape index (κ1) is 15.2. The lowest BCUT2D eigenvalue weighted by atomic mass is 10.1. The van der Waals surface area contributed by atoms with Crippen LogP contribution in [0.15, 0.2) is 11.2 Å². The molecule has 0 radical (unpaired) electrons. The Labute approximate surface area is 114 Å². The van der Waals surface area contributed by atoms with Crippen molar-refractivity contribution in [3.63, 3.8) is 0 Å². The average Bonchev–Trinajstić information content (AvgIpc) is 2.36. The molecule has 6 nitrogen and oxygen atoms in total. The Hall–Kier alpha value is -1.85. The molecule has 106 valence electrons. The van der Waals surface area contributed by atoms with Crippen LogP contribution in [0, 0.1) is 6.92 Å². The van der Waals surface area contributed by atoms with Gasteiger partial charge >= 0.3 is 0 Å². The first-order valence-corrected chi connectivity index (χ1v) is 6.40. The zero-order valence-corrected chi connectivity index (χ0v) is 12.3. The molecule has 1 aromatic rings. The molecule has 19 heavy (non-hydrogen) atoms. The molecule has 0 aliphatic rings. The Morgan fingerprint density at radius 1 is 1.42 bits per heavy atom. The van der Waals surface area contributed by atoms with Gasteiger partial charge in [-0.2, -0.15) is 0 Å². The average molecular weight is 265 g/mol. The normalized spacial score (nSPS) is 13.7. The Morgan fingerprint density at radius 3 is 2.58 bits per heavy atom. The van der Waals surface area contributed by atoms with Gasteiger partial charge in [-0.1, -0.05) is 19.0 Å². The van der Waals surface area contributed by atoms with Crippen LogP contribution in [0.5, 0.6) is 0 Å². The molecule has 0 aromatic carbocycles. The molecule has 0 bridgehead atoms. The maximum Gasteiger partial charge on any atom is 0.225 e. The molecule has 0 amide bonds. The minimum absolute atomic E-state index is 0.0534. The number of nitrogens with zero attached hydrogens (tertiary/aromatic N) is 4. The molecule has 6 heteroatoms. The Balaban J connectivity index is 2.95. The standard InChI is InChI=1S/C13H23N5O/c1-8(2)11-6-9(3)15-13(16-11)18(5)10(4)7-12(14)17-19/h6,8,10,19H,7H2,1-5H3,(H2,14,17). The van der Waals surface area contributed by atoms with Crippen LogP contribution in [-0.4, -0.2) is 34.1 Å². The molecule has 1 aromatic heterocycles. The molecule has 0 saturated heterocycles. The third-order valence-electron chi connectivity index (χ3n) is 3.06. The molecule has 1 atom stereocenters. The summed E-state index contributed by atoms with van der Waals surface area (Å²) in [5, 5.41) is 11.6. The van der Waals surface area contributed by atoms with Crippen molar-refractivity contribution in [2.75, 3.05) is 11.9 Å². The Bertz CT molecular complexity index is 458. The van der Waals surface area contributed by atoms with Crippen LogP contribution in [0.25, 0.3) is 0 Å². The SMILES string of the molecule is Cc1cc(C(C)C)nc(N(C)C(C)C/C(N)=N/O)n1. The smallest absolute Gasteiger partial charge is 0.225 e. The maximum atomic E-state index is 8.61. The number of rotatable bonds is 5. The van der Waals surface area contributed by atoms with Crippen molar-refractivity contribution in [3.8, 4) is 0 Å². The lowest BCUT2D eigenvalue weighted by Gasteiger charge is -2.25. The lowest BCUT2D eigenvalue weighted by Crippen LogP contribution is -2.34. The summed E-state index contributed by atoms with van der Waals surface area (Å²) in [5.74, 6) is 1.23. The van der Waals surface area contributed by atoms with E-state index in [0.717, 1.165) is 11.4 Å². The van der Waals surface area contributed by atoms with Gasteiger partial charge in [0.2, 0.25) is 5.95 Å². The van der Waals surface area contributed by atoms with E-state index >= 15 is 0 Å². The van der Waals surface area contributed by atoms with E-state index in [1.807, 2.05) is 31.9 Å². The third-order valence-corrected chi connectivity index (χ3v) is 3.06. The minimum Gasteiger partial charge on any atom is -0.409 e. The summed E-state index contributed by atoms with van der Waals surface area (Å²) < 4.78 is 0. The van der Waals surface area contributed by atoms with E-state index in [4.69, 9.17) is 10.9 Å². The first-order chi connectivity index (χ1) is 8.85. The molecule has 1 unspecified atom stereocenters. The van der Waals surface area contributed by atoms with Crippen molar-refractivity contribution >= 4 is 11.8 Å². The van der Waals surface area contributed by atoms with Crippen LogP contribution >= 0.6 is 0 Å². The first-order valence-electron chi connectivity index (χ1n) is 6.40. The van der Waals surface area contributed by atoms with Gasteiger partial charge in [0.1, 0.15) is 5.84 Å². The van der Waals surface area contributed by atoms with Crippen molar-refractivity contribution < 1.29 is 5.21 Å². The summed E-state index contributed by atoms with van der Waals surface area (Å²) in [6, 6.07) is 2.05. The van der Waals surface area contributed by atoms with Crippen LogP contribution in [0.3, 0.4) is 0 Å². The van der Waals surface area contributed by atoms with Gasteiger partial charge in [0.05, 0.1) is 0 Å². The number of aryl methyl sites for hydroxylation is 1. The summed E-state index contributed by atoms with van der Waals surface area (Å²) >= 11 is 0. The van der Waals surface area contributed by atoms with Crippen molar-refractivity contribution in [1.82, 2.24) is 9.97 Å².